The van der Waals surface area contributed by atoms with E-state index < -0.39 is 5.82 Å². The summed E-state index contributed by atoms with van der Waals surface area (Å²) in [6.45, 7) is 2.39. The number of anilines is 1. The summed E-state index contributed by atoms with van der Waals surface area (Å²) in [6, 6.07) is 3.90. The van der Waals surface area contributed by atoms with Crippen LogP contribution in [-0.2, 0) is 0 Å². The van der Waals surface area contributed by atoms with E-state index in [9.17, 15) is 4.39 Å². The lowest BCUT2D eigenvalue weighted by molar-refractivity contribution is 0.285. The van der Waals surface area contributed by atoms with Gasteiger partial charge in [0.1, 0.15) is 11.6 Å². The number of nitrogens with one attached hydrogen (secondary N) is 1. The Bertz CT molecular complexity index is 629. The summed E-state index contributed by atoms with van der Waals surface area (Å²) in [6.07, 6.45) is 0.792. The van der Waals surface area contributed by atoms with Gasteiger partial charge in [-0.05, 0) is 18.6 Å². The minimum absolute atomic E-state index is 0.0493. The molecule has 0 saturated carbocycles. The molecule has 0 aliphatic rings. The zero-order valence-electron chi connectivity index (χ0n) is 11.1. The summed E-state index contributed by atoms with van der Waals surface area (Å²) < 4.78 is 23.8. The zero-order valence-corrected chi connectivity index (χ0v) is 11.9. The molecule has 3 N–H and O–H groups in total. The fourth-order valence-corrected chi connectivity index (χ4v) is 1.52. The number of halogens is 2. The van der Waals surface area contributed by atoms with Crippen LogP contribution < -0.4 is 20.7 Å². The predicted molar refractivity (Wildman–Crippen MR) is 74.9 cm³/mol. The number of nitrogen functional groups attached to an aromatic ring is 1. The van der Waals surface area contributed by atoms with Gasteiger partial charge in [-0.25, -0.2) is 10.2 Å². The minimum atomic E-state index is -0.545. The first-order chi connectivity index (χ1) is 10.1. The predicted octanol–water partition coefficient (Wildman–Crippen LogP) is 2.53. The molecule has 0 aliphatic heterocycles. The standard InChI is InChI=1S/C12H13ClFN5O2/c1-2-5-20-11-16-10(19-15)17-12(18-11)21-7-3-4-9(14)8(13)6-7/h3-4,6H,2,5,15H2,1H3,(H,16,17,18,19). The molecular formula is C12H13ClFN5O2. The van der Waals surface area contributed by atoms with E-state index in [-0.39, 0.29) is 28.7 Å². The number of nitrogens with two attached hydrogens (primary N) is 1. The van der Waals surface area contributed by atoms with Gasteiger partial charge < -0.3 is 9.47 Å². The molecule has 2 aromatic rings. The number of hydrazine groups is 1. The number of hydrogen-bond acceptors (Lipinski definition) is 7. The Morgan fingerprint density at radius 3 is 2.71 bits per heavy atom. The summed E-state index contributed by atoms with van der Waals surface area (Å²) in [5, 5.41) is -0.0683. The monoisotopic (exact) mass is 313 g/mol. The molecular weight excluding hydrogens is 301 g/mol. The number of rotatable bonds is 6. The van der Waals surface area contributed by atoms with E-state index in [2.05, 4.69) is 20.4 Å². The average Bonchev–Trinajstić information content (AvgIpc) is 2.48. The second-order valence-electron chi connectivity index (χ2n) is 3.89. The number of nitrogens with zero attached hydrogens (tertiary/aromatic N) is 3. The highest BCUT2D eigenvalue weighted by atomic mass is 35.5. The summed E-state index contributed by atoms with van der Waals surface area (Å²) in [5.41, 5.74) is 2.28. The van der Waals surface area contributed by atoms with E-state index in [1.807, 2.05) is 6.92 Å². The van der Waals surface area contributed by atoms with E-state index in [0.717, 1.165) is 6.42 Å². The van der Waals surface area contributed by atoms with Gasteiger partial charge in [0.2, 0.25) is 5.95 Å². The molecule has 2 rings (SSSR count). The number of hydrogen-bond donors (Lipinski definition) is 2. The molecule has 1 heterocycles. The third-order valence-corrected chi connectivity index (χ3v) is 2.55. The molecule has 0 radical (unpaired) electrons. The molecule has 0 atom stereocenters. The number of ether oxygens (including phenoxy) is 2. The van der Waals surface area contributed by atoms with Gasteiger partial charge in [0.15, 0.2) is 0 Å². The summed E-state index contributed by atoms with van der Waals surface area (Å²) in [7, 11) is 0. The second kappa shape index (κ2) is 7.00. The lowest BCUT2D eigenvalue weighted by Gasteiger charge is -2.08. The highest BCUT2D eigenvalue weighted by molar-refractivity contribution is 6.30. The van der Waals surface area contributed by atoms with Crippen LogP contribution in [0.4, 0.5) is 10.3 Å². The molecule has 9 heteroatoms. The van der Waals surface area contributed by atoms with Crippen LogP contribution in [-0.4, -0.2) is 21.6 Å². The van der Waals surface area contributed by atoms with Crippen molar-refractivity contribution >= 4 is 17.5 Å². The van der Waals surface area contributed by atoms with Gasteiger partial charge in [0.05, 0.1) is 11.6 Å². The lowest BCUT2D eigenvalue weighted by Crippen LogP contribution is -2.13. The summed E-state index contributed by atoms with van der Waals surface area (Å²) >= 11 is 5.67. The van der Waals surface area contributed by atoms with Crippen molar-refractivity contribution < 1.29 is 13.9 Å². The largest absolute Gasteiger partial charge is 0.463 e. The van der Waals surface area contributed by atoms with Crippen molar-refractivity contribution in [1.29, 1.82) is 0 Å². The summed E-state index contributed by atoms with van der Waals surface area (Å²) in [5.74, 6) is 5.08. The molecule has 7 nitrogen and oxygen atoms in total. The normalized spacial score (nSPS) is 10.3. The lowest BCUT2D eigenvalue weighted by atomic mass is 10.3. The van der Waals surface area contributed by atoms with Gasteiger partial charge >= 0.3 is 12.0 Å². The van der Waals surface area contributed by atoms with Crippen molar-refractivity contribution in [3.63, 3.8) is 0 Å². The smallest absolute Gasteiger partial charge is 0.330 e. The molecule has 1 aromatic carbocycles. The Balaban J connectivity index is 2.23. The molecule has 1 aromatic heterocycles. The van der Waals surface area contributed by atoms with Crippen LogP contribution >= 0.6 is 11.6 Å². The van der Waals surface area contributed by atoms with Gasteiger partial charge in [-0.1, -0.05) is 18.5 Å². The number of aromatic nitrogens is 3. The maximum Gasteiger partial charge on any atom is 0.330 e. The maximum atomic E-state index is 13.1. The van der Waals surface area contributed by atoms with E-state index in [1.54, 1.807) is 0 Å². The SMILES string of the molecule is CCCOc1nc(NN)nc(Oc2ccc(F)c(Cl)c2)n1. The molecule has 0 bridgehead atoms. The van der Waals surface area contributed by atoms with Crippen LogP contribution in [0.25, 0.3) is 0 Å². The van der Waals surface area contributed by atoms with Crippen LogP contribution in [0.1, 0.15) is 13.3 Å². The summed E-state index contributed by atoms with van der Waals surface area (Å²) in [4.78, 5) is 11.8. The molecule has 21 heavy (non-hydrogen) atoms. The fraction of sp³-hybridized carbons (Fsp3) is 0.250. The van der Waals surface area contributed by atoms with Crippen molar-refractivity contribution in [1.82, 2.24) is 15.0 Å². The van der Waals surface area contributed by atoms with E-state index >= 15 is 0 Å². The average molecular weight is 314 g/mol. The van der Waals surface area contributed by atoms with E-state index in [0.29, 0.717) is 6.61 Å². The molecule has 0 spiro atoms. The first-order valence-corrected chi connectivity index (χ1v) is 6.48. The third-order valence-electron chi connectivity index (χ3n) is 2.26. The van der Waals surface area contributed by atoms with E-state index in [1.165, 1.54) is 18.2 Å². The van der Waals surface area contributed by atoms with Gasteiger partial charge in [0.25, 0.3) is 0 Å². The Kier molecular flexibility index (Phi) is 5.07. The van der Waals surface area contributed by atoms with Crippen LogP contribution in [0.2, 0.25) is 5.02 Å². The van der Waals surface area contributed by atoms with Crippen molar-refractivity contribution in [3.05, 3.63) is 29.0 Å². The molecule has 112 valence electrons. The van der Waals surface area contributed by atoms with Crippen molar-refractivity contribution in [3.8, 4) is 17.8 Å². The van der Waals surface area contributed by atoms with E-state index in [4.69, 9.17) is 26.9 Å². The molecule has 0 unspecified atom stereocenters. The van der Waals surface area contributed by atoms with Gasteiger partial charge in [-0.3, -0.25) is 5.43 Å². The highest BCUT2D eigenvalue weighted by Gasteiger charge is 2.10. The van der Waals surface area contributed by atoms with Crippen molar-refractivity contribution in [2.24, 2.45) is 5.84 Å². The van der Waals surface area contributed by atoms with Crippen molar-refractivity contribution in [2.45, 2.75) is 13.3 Å². The Morgan fingerprint density at radius 2 is 2.05 bits per heavy atom. The first-order valence-electron chi connectivity index (χ1n) is 6.10. The second-order valence-corrected chi connectivity index (χ2v) is 4.30. The van der Waals surface area contributed by atoms with Gasteiger partial charge in [-0.2, -0.15) is 9.97 Å². The molecule has 0 aliphatic carbocycles. The fourth-order valence-electron chi connectivity index (χ4n) is 1.35. The van der Waals surface area contributed by atoms with Crippen LogP contribution in [0.15, 0.2) is 18.2 Å². The molecule has 0 fully saturated rings. The number of benzene rings is 1. The Labute approximate surface area is 125 Å². The van der Waals surface area contributed by atoms with Crippen LogP contribution in [0.3, 0.4) is 0 Å². The Morgan fingerprint density at radius 1 is 1.29 bits per heavy atom. The first kappa shape index (κ1) is 15.2. The Hall–Kier alpha value is -2.19. The highest BCUT2D eigenvalue weighted by Crippen LogP contribution is 2.25. The molecule has 0 saturated heterocycles. The minimum Gasteiger partial charge on any atom is -0.463 e. The van der Waals surface area contributed by atoms with Crippen LogP contribution in [0, 0.1) is 5.82 Å². The topological polar surface area (TPSA) is 95.2 Å². The van der Waals surface area contributed by atoms with Gasteiger partial charge in [-0.15, -0.1) is 4.98 Å². The molecule has 0 amide bonds. The maximum absolute atomic E-state index is 13.1. The van der Waals surface area contributed by atoms with Crippen LogP contribution in [0.5, 0.6) is 17.8 Å². The third kappa shape index (κ3) is 4.14. The van der Waals surface area contributed by atoms with Crippen molar-refractivity contribution in [2.75, 3.05) is 12.0 Å². The quantitative estimate of drug-likeness (QED) is 0.625. The zero-order chi connectivity index (χ0) is 15.2. The van der Waals surface area contributed by atoms with Gasteiger partial charge in [0, 0.05) is 6.07 Å².